The normalized spacial score (nSPS) is 10.9. The van der Waals surface area contributed by atoms with Crippen LogP contribution in [-0.4, -0.2) is 28.8 Å². The van der Waals surface area contributed by atoms with Crippen molar-refractivity contribution in [3.8, 4) is 0 Å². The second-order valence-electron chi connectivity index (χ2n) is 5.95. The lowest BCUT2D eigenvalue weighted by Gasteiger charge is -2.04. The number of aryl methyl sites for hydroxylation is 2. The summed E-state index contributed by atoms with van der Waals surface area (Å²) >= 11 is 4.79. The molecule has 0 bridgehead atoms. The number of thiophene rings is 1. The van der Waals surface area contributed by atoms with E-state index in [1.54, 1.807) is 22.9 Å². The van der Waals surface area contributed by atoms with E-state index < -0.39 is 11.9 Å². The second kappa shape index (κ2) is 7.69. The van der Waals surface area contributed by atoms with Crippen LogP contribution in [0.3, 0.4) is 0 Å². The number of halogens is 1. The summed E-state index contributed by atoms with van der Waals surface area (Å²) in [6.07, 6.45) is 0. The van der Waals surface area contributed by atoms with Gasteiger partial charge in [-0.05, 0) is 54.9 Å². The smallest absolute Gasteiger partial charge is 0.340 e. The van der Waals surface area contributed by atoms with Crippen molar-refractivity contribution in [2.45, 2.75) is 27.3 Å². The van der Waals surface area contributed by atoms with Crippen molar-refractivity contribution in [3.05, 3.63) is 56.0 Å². The molecule has 3 aromatic heterocycles. The fourth-order valence-electron chi connectivity index (χ4n) is 2.59. The number of nitrogens with one attached hydrogen (secondary N) is 1. The number of nitrogens with zero attached hydrogens (tertiary/aromatic N) is 2. The maximum Gasteiger partial charge on any atom is 0.340 e. The standard InChI is InChI=1S/C18H18BrN3O4S/c1-9-7-13(18(24)25-4)17(27-9)20-16(23)14-6-5-12(26-14)8-22-11(3)15(19)10(2)21-22/h5-7H,8H2,1-4H3,(H,20,23). The van der Waals surface area contributed by atoms with Crippen LogP contribution in [0.1, 0.15) is 42.9 Å². The fraction of sp³-hybridized carbons (Fsp3) is 0.278. The molecule has 9 heteroatoms. The number of esters is 1. The van der Waals surface area contributed by atoms with Crippen LogP contribution in [-0.2, 0) is 11.3 Å². The van der Waals surface area contributed by atoms with Crippen LogP contribution >= 0.6 is 27.3 Å². The molecule has 0 radical (unpaired) electrons. The average Bonchev–Trinajstić information content (AvgIpc) is 3.30. The SMILES string of the molecule is COC(=O)c1cc(C)sc1NC(=O)c1ccc(Cn2nc(C)c(Br)c2C)o1. The van der Waals surface area contributed by atoms with Crippen LogP contribution in [0, 0.1) is 20.8 Å². The molecule has 1 amide bonds. The Balaban J connectivity index is 1.76. The van der Waals surface area contributed by atoms with Gasteiger partial charge in [-0.2, -0.15) is 5.10 Å². The topological polar surface area (TPSA) is 86.4 Å². The van der Waals surface area contributed by atoms with Crippen LogP contribution in [0.4, 0.5) is 5.00 Å². The maximum atomic E-state index is 12.5. The lowest BCUT2D eigenvalue weighted by atomic mass is 10.3. The van der Waals surface area contributed by atoms with Gasteiger partial charge in [0.1, 0.15) is 10.8 Å². The molecule has 0 saturated heterocycles. The Morgan fingerprint density at radius 3 is 2.70 bits per heavy atom. The van der Waals surface area contributed by atoms with Gasteiger partial charge in [-0.3, -0.25) is 9.48 Å². The molecule has 0 unspecified atom stereocenters. The van der Waals surface area contributed by atoms with E-state index in [4.69, 9.17) is 9.15 Å². The number of anilines is 1. The van der Waals surface area contributed by atoms with Gasteiger partial charge < -0.3 is 14.5 Å². The van der Waals surface area contributed by atoms with Crippen LogP contribution in [0.2, 0.25) is 0 Å². The first kappa shape index (κ1) is 19.4. The Hall–Kier alpha value is -2.39. The number of aromatic nitrogens is 2. The van der Waals surface area contributed by atoms with Gasteiger partial charge in [0.25, 0.3) is 5.91 Å². The van der Waals surface area contributed by atoms with Crippen LogP contribution in [0.5, 0.6) is 0 Å². The third kappa shape index (κ3) is 3.98. The molecule has 7 nitrogen and oxygen atoms in total. The zero-order chi connectivity index (χ0) is 19.7. The van der Waals surface area contributed by atoms with Gasteiger partial charge in [-0.1, -0.05) is 0 Å². The van der Waals surface area contributed by atoms with Gasteiger partial charge in [-0.15, -0.1) is 11.3 Å². The van der Waals surface area contributed by atoms with Crippen molar-refractivity contribution >= 4 is 44.1 Å². The Labute approximate surface area is 168 Å². The fourth-order valence-corrected chi connectivity index (χ4v) is 3.77. The molecule has 3 aromatic rings. The highest BCUT2D eigenvalue weighted by molar-refractivity contribution is 9.10. The Bertz CT molecular complexity index is 1020. The first-order valence-electron chi connectivity index (χ1n) is 8.08. The van der Waals surface area contributed by atoms with E-state index in [0.717, 1.165) is 20.7 Å². The molecular weight excluding hydrogens is 434 g/mol. The van der Waals surface area contributed by atoms with E-state index in [1.807, 2.05) is 20.8 Å². The predicted molar refractivity (Wildman–Crippen MR) is 106 cm³/mol. The van der Waals surface area contributed by atoms with Crippen molar-refractivity contribution in [1.82, 2.24) is 9.78 Å². The molecule has 142 valence electrons. The van der Waals surface area contributed by atoms with Gasteiger partial charge in [0.15, 0.2) is 5.76 Å². The molecule has 0 aromatic carbocycles. The van der Waals surface area contributed by atoms with Crippen molar-refractivity contribution in [2.24, 2.45) is 0 Å². The van der Waals surface area contributed by atoms with E-state index in [9.17, 15) is 9.59 Å². The lowest BCUT2D eigenvalue weighted by Crippen LogP contribution is -2.13. The summed E-state index contributed by atoms with van der Waals surface area (Å²) < 4.78 is 13.2. The van der Waals surface area contributed by atoms with Gasteiger partial charge in [0.2, 0.25) is 0 Å². The highest BCUT2D eigenvalue weighted by Gasteiger charge is 2.20. The Kier molecular flexibility index (Phi) is 5.52. The van der Waals surface area contributed by atoms with Crippen molar-refractivity contribution in [3.63, 3.8) is 0 Å². The summed E-state index contributed by atoms with van der Waals surface area (Å²) in [6, 6.07) is 5.02. The van der Waals surface area contributed by atoms with Crippen molar-refractivity contribution < 1.29 is 18.7 Å². The number of carbonyl (C=O) groups excluding carboxylic acids is 2. The van der Waals surface area contributed by atoms with Gasteiger partial charge in [0, 0.05) is 4.88 Å². The van der Waals surface area contributed by atoms with Crippen molar-refractivity contribution in [1.29, 1.82) is 0 Å². The number of methoxy groups -OCH3 is 1. The number of hydrogen-bond donors (Lipinski definition) is 1. The molecular formula is C18H18BrN3O4S. The van der Waals surface area contributed by atoms with E-state index >= 15 is 0 Å². The minimum Gasteiger partial charge on any atom is -0.465 e. The zero-order valence-corrected chi connectivity index (χ0v) is 17.7. The number of amides is 1. The number of ether oxygens (including phenoxy) is 1. The molecule has 0 saturated carbocycles. The van der Waals surface area contributed by atoms with Gasteiger partial charge in [-0.25, -0.2) is 4.79 Å². The third-order valence-corrected chi connectivity index (χ3v) is 6.09. The number of carbonyl (C=O) groups is 2. The lowest BCUT2D eigenvalue weighted by molar-refractivity contribution is 0.0602. The van der Waals surface area contributed by atoms with E-state index in [2.05, 4.69) is 26.3 Å². The predicted octanol–water partition coefficient (Wildman–Crippen LogP) is 4.31. The first-order valence-corrected chi connectivity index (χ1v) is 9.69. The number of hydrogen-bond acceptors (Lipinski definition) is 6. The monoisotopic (exact) mass is 451 g/mol. The minimum absolute atomic E-state index is 0.160. The van der Waals surface area contributed by atoms with Crippen LogP contribution in [0.25, 0.3) is 0 Å². The summed E-state index contributed by atoms with van der Waals surface area (Å²) in [5.41, 5.74) is 2.19. The summed E-state index contributed by atoms with van der Waals surface area (Å²) in [7, 11) is 1.30. The molecule has 0 aliphatic heterocycles. The van der Waals surface area contributed by atoms with E-state index in [0.29, 0.717) is 22.9 Å². The molecule has 3 rings (SSSR count). The molecule has 0 fully saturated rings. The summed E-state index contributed by atoms with van der Waals surface area (Å²) in [5, 5.41) is 7.58. The quantitative estimate of drug-likeness (QED) is 0.583. The van der Waals surface area contributed by atoms with Crippen LogP contribution < -0.4 is 5.32 Å². The first-order chi connectivity index (χ1) is 12.8. The molecule has 3 heterocycles. The van der Waals surface area contributed by atoms with E-state index in [1.165, 1.54) is 18.4 Å². The number of furan rings is 1. The average molecular weight is 452 g/mol. The number of rotatable bonds is 5. The maximum absolute atomic E-state index is 12.5. The molecule has 0 atom stereocenters. The summed E-state index contributed by atoms with van der Waals surface area (Å²) in [4.78, 5) is 25.2. The summed E-state index contributed by atoms with van der Waals surface area (Å²) in [5.74, 6) is -0.158. The highest BCUT2D eigenvalue weighted by Crippen LogP contribution is 2.29. The minimum atomic E-state index is -0.495. The second-order valence-corrected chi connectivity index (χ2v) is 8.00. The molecule has 0 spiro atoms. The largest absolute Gasteiger partial charge is 0.465 e. The van der Waals surface area contributed by atoms with Crippen LogP contribution in [0.15, 0.2) is 27.1 Å². The Morgan fingerprint density at radius 1 is 1.33 bits per heavy atom. The zero-order valence-electron chi connectivity index (χ0n) is 15.3. The van der Waals surface area contributed by atoms with Gasteiger partial charge in [0.05, 0.1) is 35.1 Å². The molecule has 0 aliphatic carbocycles. The molecule has 1 N–H and O–H groups in total. The third-order valence-electron chi connectivity index (χ3n) is 3.97. The van der Waals surface area contributed by atoms with Crippen molar-refractivity contribution in [2.75, 3.05) is 12.4 Å². The highest BCUT2D eigenvalue weighted by atomic mass is 79.9. The Morgan fingerprint density at radius 2 is 2.07 bits per heavy atom. The van der Waals surface area contributed by atoms with Gasteiger partial charge >= 0.3 is 5.97 Å². The summed E-state index contributed by atoms with van der Waals surface area (Å²) in [6.45, 7) is 6.13. The molecule has 27 heavy (non-hydrogen) atoms. The van der Waals surface area contributed by atoms with E-state index in [-0.39, 0.29) is 5.76 Å². The molecule has 0 aliphatic rings.